The van der Waals surface area contributed by atoms with Crippen LogP contribution in [0, 0.1) is 6.92 Å². The number of benzene rings is 1. The zero-order valence-corrected chi connectivity index (χ0v) is 10.9. The Labute approximate surface area is 117 Å². The number of aliphatic carboxylic acids is 1. The average Bonchev–Trinajstić information content (AvgIpc) is 2.36. The highest BCUT2D eigenvalue weighted by molar-refractivity contribution is 5.89. The first-order chi connectivity index (χ1) is 9.61. The third-order valence-corrected chi connectivity index (χ3v) is 2.54. The predicted octanol–water partition coefficient (Wildman–Crippen LogP) is 1.58. The highest BCUT2D eigenvalue weighted by atomic mass is 19.4. The number of urea groups is 1. The molecule has 1 aromatic carbocycles. The Balaban J connectivity index is 2.71. The summed E-state index contributed by atoms with van der Waals surface area (Å²) in [4.78, 5) is 21.7. The van der Waals surface area contributed by atoms with Crippen LogP contribution in [0.25, 0.3) is 0 Å². The molecule has 0 aliphatic carbocycles. The highest BCUT2D eigenvalue weighted by Crippen LogP contribution is 2.33. The number of carbonyl (C=O) groups excluding carboxylic acids is 1. The molecule has 0 spiro atoms. The summed E-state index contributed by atoms with van der Waals surface area (Å²) >= 11 is 0. The van der Waals surface area contributed by atoms with Crippen molar-refractivity contribution in [2.75, 3.05) is 11.9 Å². The Bertz CT molecular complexity index is 546. The lowest BCUT2D eigenvalue weighted by atomic mass is 10.1. The van der Waals surface area contributed by atoms with Crippen molar-refractivity contribution in [1.29, 1.82) is 0 Å². The molecule has 116 valence electrons. The number of carbonyl (C=O) groups is 2. The fourth-order valence-electron chi connectivity index (χ4n) is 1.46. The molecule has 0 saturated carbocycles. The average molecular weight is 306 g/mol. The fourth-order valence-corrected chi connectivity index (χ4v) is 1.46. The molecule has 0 aliphatic rings. The van der Waals surface area contributed by atoms with Crippen LogP contribution in [0.4, 0.5) is 23.7 Å². The number of hydrogen-bond acceptors (Lipinski definition) is 3. The van der Waals surface area contributed by atoms with E-state index in [1.165, 1.54) is 19.1 Å². The summed E-state index contributed by atoms with van der Waals surface area (Å²) in [5.41, 5.74) is -0.976. The van der Waals surface area contributed by atoms with Crippen molar-refractivity contribution in [2.24, 2.45) is 0 Å². The smallest absolute Gasteiger partial charge is 0.416 e. The maximum Gasteiger partial charge on any atom is 0.416 e. The van der Waals surface area contributed by atoms with Crippen molar-refractivity contribution in [2.45, 2.75) is 19.2 Å². The first kappa shape index (κ1) is 16.8. The van der Waals surface area contributed by atoms with Crippen LogP contribution in [0.2, 0.25) is 0 Å². The van der Waals surface area contributed by atoms with Gasteiger partial charge in [-0.15, -0.1) is 0 Å². The molecule has 0 saturated heterocycles. The van der Waals surface area contributed by atoms with Crippen molar-refractivity contribution >= 4 is 17.7 Å². The number of aliphatic hydroxyl groups is 1. The van der Waals surface area contributed by atoms with Crippen molar-refractivity contribution in [3.05, 3.63) is 29.3 Å². The van der Waals surface area contributed by atoms with E-state index in [4.69, 9.17) is 10.2 Å². The number of alkyl halides is 3. The van der Waals surface area contributed by atoms with Gasteiger partial charge in [-0.3, -0.25) is 0 Å². The van der Waals surface area contributed by atoms with Crippen LogP contribution in [0.5, 0.6) is 0 Å². The van der Waals surface area contributed by atoms with E-state index < -0.39 is 36.4 Å². The molecule has 0 aliphatic heterocycles. The van der Waals surface area contributed by atoms with E-state index in [0.29, 0.717) is 0 Å². The Morgan fingerprint density at radius 3 is 2.48 bits per heavy atom. The van der Waals surface area contributed by atoms with Crippen LogP contribution in [-0.2, 0) is 11.0 Å². The molecule has 0 aromatic heterocycles. The lowest BCUT2D eigenvalue weighted by molar-refractivity contribution is -0.146. The number of anilines is 1. The number of carboxylic acid groups (broad SMARTS) is 1. The lowest BCUT2D eigenvalue weighted by Crippen LogP contribution is -2.38. The largest absolute Gasteiger partial charge is 0.479 e. The molecule has 6 nitrogen and oxygen atoms in total. The monoisotopic (exact) mass is 306 g/mol. The molecule has 9 heteroatoms. The number of amides is 2. The van der Waals surface area contributed by atoms with Gasteiger partial charge in [0.25, 0.3) is 0 Å². The maximum absolute atomic E-state index is 12.7. The normalized spacial score (nSPS) is 12.6. The van der Waals surface area contributed by atoms with Crippen molar-refractivity contribution in [3.63, 3.8) is 0 Å². The van der Waals surface area contributed by atoms with E-state index >= 15 is 0 Å². The van der Waals surface area contributed by atoms with Gasteiger partial charge in [-0.05, 0) is 24.6 Å². The minimum Gasteiger partial charge on any atom is -0.479 e. The fraction of sp³-hybridized carbons (Fsp3) is 0.333. The first-order valence-corrected chi connectivity index (χ1v) is 5.75. The molecule has 2 amide bonds. The van der Waals surface area contributed by atoms with Crippen molar-refractivity contribution in [1.82, 2.24) is 5.32 Å². The highest BCUT2D eigenvalue weighted by Gasteiger charge is 2.32. The topological polar surface area (TPSA) is 98.7 Å². The predicted molar refractivity (Wildman–Crippen MR) is 66.8 cm³/mol. The van der Waals surface area contributed by atoms with E-state index in [2.05, 4.69) is 5.32 Å². The summed E-state index contributed by atoms with van der Waals surface area (Å²) in [6.45, 7) is 0.717. The summed E-state index contributed by atoms with van der Waals surface area (Å²) in [6.07, 6.45) is -6.34. The van der Waals surface area contributed by atoms with Gasteiger partial charge >= 0.3 is 18.2 Å². The van der Waals surface area contributed by atoms with Gasteiger partial charge in [0.1, 0.15) is 0 Å². The molecular formula is C12H13F3N2O4. The standard InChI is InChI=1S/C12H13F3N2O4/c1-6-2-3-7(4-8(6)12(13,14)15)17-11(21)16-5-9(18)10(19)20/h2-4,9,18H,5H2,1H3,(H,19,20)(H2,16,17,21)/t9-/m0/s1. The minimum absolute atomic E-state index is 0.00903. The van der Waals surface area contributed by atoms with Crippen LogP contribution in [-0.4, -0.2) is 34.9 Å². The Morgan fingerprint density at radius 2 is 1.95 bits per heavy atom. The van der Waals surface area contributed by atoms with Crippen molar-refractivity contribution < 1.29 is 33.0 Å². The van der Waals surface area contributed by atoms with Gasteiger partial charge in [0.05, 0.1) is 12.1 Å². The molecule has 0 fully saturated rings. The van der Waals surface area contributed by atoms with Crippen LogP contribution < -0.4 is 10.6 Å². The zero-order chi connectivity index (χ0) is 16.2. The van der Waals surface area contributed by atoms with Gasteiger partial charge in [0.15, 0.2) is 6.10 Å². The number of aryl methyl sites for hydroxylation is 1. The molecule has 1 aromatic rings. The molecule has 21 heavy (non-hydrogen) atoms. The second-order valence-electron chi connectivity index (χ2n) is 4.22. The van der Waals surface area contributed by atoms with Gasteiger partial charge in [-0.2, -0.15) is 13.2 Å². The molecule has 0 bridgehead atoms. The van der Waals surface area contributed by atoms with E-state index in [9.17, 15) is 22.8 Å². The van der Waals surface area contributed by atoms with E-state index in [1.807, 2.05) is 5.32 Å². The zero-order valence-electron chi connectivity index (χ0n) is 10.9. The second kappa shape index (κ2) is 6.44. The summed E-state index contributed by atoms with van der Waals surface area (Å²) in [7, 11) is 0. The van der Waals surface area contributed by atoms with Gasteiger partial charge < -0.3 is 20.8 Å². The molecule has 1 rings (SSSR count). The van der Waals surface area contributed by atoms with E-state index in [-0.39, 0.29) is 11.3 Å². The van der Waals surface area contributed by atoms with E-state index in [1.54, 1.807) is 0 Å². The molecule has 0 heterocycles. The molecule has 0 unspecified atom stereocenters. The Kier molecular flexibility index (Phi) is 5.14. The van der Waals surface area contributed by atoms with Gasteiger partial charge in [-0.25, -0.2) is 9.59 Å². The minimum atomic E-state index is -4.54. The number of carboxylic acids is 1. The van der Waals surface area contributed by atoms with Gasteiger partial charge in [-0.1, -0.05) is 6.07 Å². The Hall–Kier alpha value is -2.29. The maximum atomic E-state index is 12.7. The van der Waals surface area contributed by atoms with Crippen LogP contribution in [0.3, 0.4) is 0 Å². The number of aliphatic hydroxyl groups excluding tert-OH is 1. The molecular weight excluding hydrogens is 293 g/mol. The summed E-state index contributed by atoms with van der Waals surface area (Å²) < 4.78 is 38.0. The third kappa shape index (κ3) is 4.95. The van der Waals surface area contributed by atoms with Crippen LogP contribution >= 0.6 is 0 Å². The number of hydrogen-bond donors (Lipinski definition) is 4. The summed E-state index contributed by atoms with van der Waals surface area (Å²) in [5.74, 6) is -1.52. The van der Waals surface area contributed by atoms with Gasteiger partial charge in [0, 0.05) is 5.69 Å². The quantitative estimate of drug-likeness (QED) is 0.679. The number of halogens is 3. The van der Waals surface area contributed by atoms with Crippen LogP contribution in [0.1, 0.15) is 11.1 Å². The first-order valence-electron chi connectivity index (χ1n) is 5.75. The molecule has 1 atom stereocenters. The van der Waals surface area contributed by atoms with Gasteiger partial charge in [0.2, 0.25) is 0 Å². The second-order valence-corrected chi connectivity index (χ2v) is 4.22. The molecule has 4 N–H and O–H groups in total. The molecule has 0 radical (unpaired) electrons. The summed E-state index contributed by atoms with van der Waals surface area (Å²) in [5, 5.41) is 21.5. The summed E-state index contributed by atoms with van der Waals surface area (Å²) in [6, 6.07) is 2.32. The Morgan fingerprint density at radius 1 is 1.33 bits per heavy atom. The van der Waals surface area contributed by atoms with E-state index in [0.717, 1.165) is 6.07 Å². The van der Waals surface area contributed by atoms with Crippen molar-refractivity contribution in [3.8, 4) is 0 Å². The SMILES string of the molecule is Cc1ccc(NC(=O)NC[C@H](O)C(=O)O)cc1C(F)(F)F. The number of nitrogens with one attached hydrogen (secondary N) is 2. The van der Waals surface area contributed by atoms with Crippen LogP contribution in [0.15, 0.2) is 18.2 Å². The number of rotatable bonds is 4. The third-order valence-electron chi connectivity index (χ3n) is 2.54. The lowest BCUT2D eigenvalue weighted by Gasteiger charge is -2.13.